The molecular weight excluding hydrogens is 258 g/mol. The molecule has 0 fully saturated rings. The fourth-order valence-corrected chi connectivity index (χ4v) is 2.02. The Hall–Kier alpha value is -2.63. The third-order valence-electron chi connectivity index (χ3n) is 2.96. The second-order valence-corrected chi connectivity index (χ2v) is 4.17. The van der Waals surface area contributed by atoms with Crippen LogP contribution in [0.5, 0.6) is 5.75 Å². The Bertz CT molecular complexity index is 795. The van der Waals surface area contributed by atoms with E-state index in [0.29, 0.717) is 12.4 Å². The molecule has 6 nitrogen and oxygen atoms in total. The average Bonchev–Trinajstić information content (AvgIpc) is 2.84. The summed E-state index contributed by atoms with van der Waals surface area (Å²) in [5, 5.41) is 0. The summed E-state index contributed by atoms with van der Waals surface area (Å²) in [6.45, 7) is 2.08. The predicted octanol–water partition coefficient (Wildman–Crippen LogP) is 2.07. The van der Waals surface area contributed by atoms with Gasteiger partial charge in [0.2, 0.25) is 5.78 Å². The molecule has 20 heavy (non-hydrogen) atoms. The first-order valence-corrected chi connectivity index (χ1v) is 6.23. The van der Waals surface area contributed by atoms with Crippen LogP contribution in [-0.4, -0.2) is 34.1 Å². The summed E-state index contributed by atoms with van der Waals surface area (Å²) in [7, 11) is 1.61. The van der Waals surface area contributed by atoms with Crippen LogP contribution in [-0.2, 0) is 4.74 Å². The number of nitrogens with zero attached hydrogens (tertiary/aromatic N) is 3. The minimum Gasteiger partial charge on any atom is -0.497 e. The van der Waals surface area contributed by atoms with Crippen molar-refractivity contribution in [3.8, 4) is 5.75 Å². The highest BCUT2D eigenvalue weighted by Gasteiger charge is 2.12. The molecule has 0 radical (unpaired) electrons. The number of aromatic nitrogens is 3. The molecular formula is C14H13N3O3. The second kappa shape index (κ2) is 4.80. The largest absolute Gasteiger partial charge is 0.497 e. The van der Waals surface area contributed by atoms with E-state index < -0.39 is 5.97 Å². The Balaban J connectivity index is 2.16. The summed E-state index contributed by atoms with van der Waals surface area (Å²) >= 11 is 0. The van der Waals surface area contributed by atoms with Gasteiger partial charge < -0.3 is 9.47 Å². The van der Waals surface area contributed by atoms with Crippen molar-refractivity contribution in [3.63, 3.8) is 0 Å². The van der Waals surface area contributed by atoms with E-state index in [1.165, 1.54) is 0 Å². The zero-order valence-corrected chi connectivity index (χ0v) is 11.2. The lowest BCUT2D eigenvalue weighted by Gasteiger charge is -2.02. The van der Waals surface area contributed by atoms with Gasteiger partial charge in [0.15, 0.2) is 5.69 Å². The van der Waals surface area contributed by atoms with Gasteiger partial charge in [0, 0.05) is 12.3 Å². The molecule has 3 aromatic rings. The zero-order valence-electron chi connectivity index (χ0n) is 11.2. The molecule has 0 atom stereocenters. The van der Waals surface area contributed by atoms with Gasteiger partial charge in [0.1, 0.15) is 5.75 Å². The Labute approximate surface area is 115 Å². The second-order valence-electron chi connectivity index (χ2n) is 4.17. The summed E-state index contributed by atoms with van der Waals surface area (Å²) in [4.78, 5) is 20.3. The summed E-state index contributed by atoms with van der Waals surface area (Å²) in [5.41, 5.74) is 1.92. The van der Waals surface area contributed by atoms with E-state index in [4.69, 9.17) is 9.47 Å². The van der Waals surface area contributed by atoms with Crippen molar-refractivity contribution < 1.29 is 14.3 Å². The van der Waals surface area contributed by atoms with Crippen LogP contribution in [0.25, 0.3) is 16.8 Å². The molecule has 2 aromatic heterocycles. The van der Waals surface area contributed by atoms with Crippen LogP contribution < -0.4 is 4.74 Å². The van der Waals surface area contributed by atoms with Crippen LogP contribution in [0.1, 0.15) is 17.4 Å². The maximum Gasteiger partial charge on any atom is 0.357 e. The van der Waals surface area contributed by atoms with Gasteiger partial charge in [-0.15, -0.1) is 0 Å². The number of carbonyl (C=O) groups is 1. The molecule has 0 aliphatic heterocycles. The molecule has 0 aliphatic carbocycles. The van der Waals surface area contributed by atoms with Crippen LogP contribution >= 0.6 is 0 Å². The van der Waals surface area contributed by atoms with E-state index >= 15 is 0 Å². The highest BCUT2D eigenvalue weighted by molar-refractivity contribution is 5.88. The molecule has 0 saturated heterocycles. The number of imidazole rings is 1. The normalized spacial score (nSPS) is 10.9. The molecule has 3 rings (SSSR count). The van der Waals surface area contributed by atoms with Crippen LogP contribution in [0.3, 0.4) is 0 Å². The van der Waals surface area contributed by atoms with E-state index in [2.05, 4.69) is 9.97 Å². The number of rotatable bonds is 3. The van der Waals surface area contributed by atoms with Crippen LogP contribution in [0.15, 0.2) is 30.5 Å². The molecule has 0 amide bonds. The Morgan fingerprint density at radius 1 is 1.30 bits per heavy atom. The minimum absolute atomic E-state index is 0.252. The molecule has 0 saturated carbocycles. The van der Waals surface area contributed by atoms with E-state index in [0.717, 1.165) is 16.8 Å². The van der Waals surface area contributed by atoms with Gasteiger partial charge in [-0.1, -0.05) is 0 Å². The molecule has 2 heterocycles. The van der Waals surface area contributed by atoms with Crippen LogP contribution in [0.2, 0.25) is 0 Å². The number of hydrogen-bond donors (Lipinski definition) is 0. The molecule has 0 aliphatic rings. The highest BCUT2D eigenvalue weighted by atomic mass is 16.5. The van der Waals surface area contributed by atoms with E-state index in [1.807, 2.05) is 18.2 Å². The van der Waals surface area contributed by atoms with E-state index in [9.17, 15) is 4.79 Å². The van der Waals surface area contributed by atoms with E-state index in [1.54, 1.807) is 30.7 Å². The number of hydrogen-bond acceptors (Lipinski definition) is 5. The average molecular weight is 271 g/mol. The number of esters is 1. The highest BCUT2D eigenvalue weighted by Crippen LogP contribution is 2.21. The van der Waals surface area contributed by atoms with Crippen molar-refractivity contribution in [2.45, 2.75) is 6.92 Å². The lowest BCUT2D eigenvalue weighted by atomic mass is 10.3. The number of ether oxygens (including phenoxy) is 2. The molecule has 102 valence electrons. The smallest absolute Gasteiger partial charge is 0.357 e. The zero-order chi connectivity index (χ0) is 14.1. The van der Waals surface area contributed by atoms with Gasteiger partial charge in [-0.3, -0.25) is 4.40 Å². The molecule has 6 heteroatoms. The number of fused-ring (bicyclic) bond motifs is 3. The van der Waals surface area contributed by atoms with Crippen molar-refractivity contribution in [3.05, 3.63) is 36.2 Å². The molecule has 0 spiro atoms. The Morgan fingerprint density at radius 3 is 2.90 bits per heavy atom. The van der Waals surface area contributed by atoms with Gasteiger partial charge in [0.25, 0.3) is 0 Å². The number of benzene rings is 1. The first-order chi connectivity index (χ1) is 9.72. The summed E-state index contributed by atoms with van der Waals surface area (Å²) in [6.07, 6.45) is 1.75. The van der Waals surface area contributed by atoms with Crippen molar-refractivity contribution in [2.24, 2.45) is 0 Å². The van der Waals surface area contributed by atoms with Gasteiger partial charge in [-0.05, 0) is 25.1 Å². The Morgan fingerprint density at radius 2 is 2.15 bits per heavy atom. The number of carbonyl (C=O) groups excluding carboxylic acids is 1. The topological polar surface area (TPSA) is 65.7 Å². The summed E-state index contributed by atoms with van der Waals surface area (Å²) in [5.74, 6) is 0.757. The Kier molecular flexibility index (Phi) is 2.98. The van der Waals surface area contributed by atoms with Crippen molar-refractivity contribution in [1.29, 1.82) is 0 Å². The third-order valence-corrected chi connectivity index (χ3v) is 2.96. The van der Waals surface area contributed by atoms with Gasteiger partial charge in [-0.2, -0.15) is 0 Å². The minimum atomic E-state index is -0.445. The van der Waals surface area contributed by atoms with E-state index in [-0.39, 0.29) is 5.69 Å². The fraction of sp³-hybridized carbons (Fsp3) is 0.214. The monoisotopic (exact) mass is 271 g/mol. The third kappa shape index (κ3) is 1.95. The fourth-order valence-electron chi connectivity index (χ4n) is 2.02. The first-order valence-electron chi connectivity index (χ1n) is 6.23. The lowest BCUT2D eigenvalue weighted by Crippen LogP contribution is -2.08. The standard InChI is InChI=1S/C14H13N3O3/c1-3-20-13(18)11-6-7-17-12-8-9(19-2)4-5-10(12)15-14(17)16-11/h4-8H,3H2,1-2H3. The van der Waals surface area contributed by atoms with Crippen molar-refractivity contribution in [1.82, 2.24) is 14.4 Å². The lowest BCUT2D eigenvalue weighted by molar-refractivity contribution is 0.0519. The van der Waals surface area contributed by atoms with Crippen molar-refractivity contribution >= 4 is 22.8 Å². The maximum absolute atomic E-state index is 11.7. The summed E-state index contributed by atoms with van der Waals surface area (Å²) in [6, 6.07) is 7.18. The van der Waals surface area contributed by atoms with Crippen LogP contribution in [0, 0.1) is 0 Å². The summed E-state index contributed by atoms with van der Waals surface area (Å²) < 4.78 is 11.9. The van der Waals surface area contributed by atoms with Gasteiger partial charge >= 0.3 is 5.97 Å². The molecule has 0 bridgehead atoms. The quantitative estimate of drug-likeness (QED) is 0.682. The van der Waals surface area contributed by atoms with Crippen molar-refractivity contribution in [2.75, 3.05) is 13.7 Å². The number of methoxy groups -OCH3 is 1. The predicted molar refractivity (Wildman–Crippen MR) is 73.0 cm³/mol. The molecule has 0 unspecified atom stereocenters. The molecule has 1 aromatic carbocycles. The SMILES string of the molecule is CCOC(=O)c1ccn2c(n1)nc1ccc(OC)cc12. The van der Waals surface area contributed by atoms with Gasteiger partial charge in [-0.25, -0.2) is 14.8 Å². The first kappa shape index (κ1) is 12.4. The van der Waals surface area contributed by atoms with Gasteiger partial charge in [0.05, 0.1) is 24.8 Å². The van der Waals surface area contributed by atoms with Crippen LogP contribution in [0.4, 0.5) is 0 Å². The maximum atomic E-state index is 11.7. The molecule has 0 N–H and O–H groups in total.